The number of benzene rings is 1. The number of nitrogens with two attached hydrogens (primary N) is 1. The Hall–Kier alpha value is -2.62. The van der Waals surface area contributed by atoms with Gasteiger partial charge in [0, 0.05) is 17.0 Å². The number of primary amides is 1. The van der Waals surface area contributed by atoms with Crippen molar-refractivity contribution in [2.45, 2.75) is 37.2 Å². The average Bonchev–Trinajstić information content (AvgIpc) is 2.59. The zero-order valence-electron chi connectivity index (χ0n) is 14.0. The predicted molar refractivity (Wildman–Crippen MR) is 94.0 cm³/mol. The van der Waals surface area contributed by atoms with Crippen LogP contribution >= 0.6 is 11.6 Å². The summed E-state index contributed by atoms with van der Waals surface area (Å²) in [6, 6.07) is 4.85. The SMILES string of the molecule is NC(=O)[C@@H](CC(=O)O)NC(=O)C1=C[C@@H](Oc2ccc(Cl)cc2)[C@H](O)[C@H](O)C1. The van der Waals surface area contributed by atoms with E-state index in [-0.39, 0.29) is 12.0 Å². The monoisotopic (exact) mass is 398 g/mol. The Labute approximate surface area is 159 Å². The second kappa shape index (κ2) is 8.85. The molecule has 0 saturated carbocycles. The molecule has 6 N–H and O–H groups in total. The van der Waals surface area contributed by atoms with Crippen LogP contribution in [0, 0.1) is 0 Å². The smallest absolute Gasteiger partial charge is 0.305 e. The Morgan fingerprint density at radius 1 is 1.26 bits per heavy atom. The molecule has 0 bridgehead atoms. The summed E-state index contributed by atoms with van der Waals surface area (Å²) in [7, 11) is 0. The Morgan fingerprint density at radius 2 is 1.89 bits per heavy atom. The third-order valence-corrected chi connectivity index (χ3v) is 4.18. The lowest BCUT2D eigenvalue weighted by molar-refractivity contribution is -0.140. The molecule has 0 saturated heterocycles. The van der Waals surface area contributed by atoms with Gasteiger partial charge >= 0.3 is 5.97 Å². The van der Waals surface area contributed by atoms with Gasteiger partial charge in [-0.25, -0.2) is 0 Å². The highest BCUT2D eigenvalue weighted by Crippen LogP contribution is 2.25. The Morgan fingerprint density at radius 3 is 2.44 bits per heavy atom. The number of aliphatic carboxylic acids is 1. The molecule has 4 atom stereocenters. The highest BCUT2D eigenvalue weighted by molar-refractivity contribution is 6.30. The first-order valence-electron chi connectivity index (χ1n) is 7.98. The fraction of sp³-hybridized carbons (Fsp3) is 0.353. The van der Waals surface area contributed by atoms with E-state index >= 15 is 0 Å². The van der Waals surface area contributed by atoms with Crippen molar-refractivity contribution in [1.29, 1.82) is 0 Å². The van der Waals surface area contributed by atoms with Crippen molar-refractivity contribution in [1.82, 2.24) is 5.32 Å². The molecule has 2 amide bonds. The summed E-state index contributed by atoms with van der Waals surface area (Å²) in [5.41, 5.74) is 5.12. The van der Waals surface area contributed by atoms with Gasteiger partial charge in [0.25, 0.3) is 0 Å². The van der Waals surface area contributed by atoms with Gasteiger partial charge < -0.3 is 31.1 Å². The average molecular weight is 399 g/mol. The van der Waals surface area contributed by atoms with Crippen LogP contribution in [0.15, 0.2) is 35.9 Å². The van der Waals surface area contributed by atoms with Crippen molar-refractivity contribution in [3.8, 4) is 5.75 Å². The van der Waals surface area contributed by atoms with E-state index in [9.17, 15) is 24.6 Å². The highest BCUT2D eigenvalue weighted by atomic mass is 35.5. The maximum atomic E-state index is 12.3. The van der Waals surface area contributed by atoms with E-state index in [1.807, 2.05) is 0 Å². The minimum absolute atomic E-state index is 0.0309. The molecule has 10 heteroatoms. The minimum atomic E-state index is -1.41. The molecule has 0 spiro atoms. The van der Waals surface area contributed by atoms with Crippen LogP contribution in [-0.4, -0.2) is 57.5 Å². The molecule has 0 radical (unpaired) electrons. The summed E-state index contributed by atoms with van der Waals surface area (Å²) in [5.74, 6) is -2.74. The number of aliphatic hydroxyl groups excluding tert-OH is 2. The number of aliphatic hydroxyl groups is 2. The third kappa shape index (κ3) is 5.68. The minimum Gasteiger partial charge on any atom is -0.484 e. The van der Waals surface area contributed by atoms with Crippen molar-refractivity contribution in [2.75, 3.05) is 0 Å². The van der Waals surface area contributed by atoms with Crippen molar-refractivity contribution >= 4 is 29.4 Å². The molecule has 1 aromatic carbocycles. The van der Waals surface area contributed by atoms with Gasteiger partial charge in [-0.15, -0.1) is 0 Å². The third-order valence-electron chi connectivity index (χ3n) is 3.93. The molecule has 0 aromatic heterocycles. The number of carboxylic acid groups (broad SMARTS) is 1. The summed E-state index contributed by atoms with van der Waals surface area (Å²) in [5, 5.41) is 31.6. The Balaban J connectivity index is 2.16. The van der Waals surface area contributed by atoms with E-state index in [1.54, 1.807) is 24.3 Å². The van der Waals surface area contributed by atoms with Crippen molar-refractivity contribution in [3.63, 3.8) is 0 Å². The van der Waals surface area contributed by atoms with Gasteiger partial charge in [0.2, 0.25) is 11.8 Å². The maximum Gasteiger partial charge on any atom is 0.305 e. The number of carboxylic acids is 1. The second-order valence-electron chi connectivity index (χ2n) is 6.02. The summed E-state index contributed by atoms with van der Waals surface area (Å²) in [6.45, 7) is 0. The first kappa shape index (κ1) is 20.7. The number of nitrogens with one attached hydrogen (secondary N) is 1. The second-order valence-corrected chi connectivity index (χ2v) is 6.45. The van der Waals surface area contributed by atoms with Gasteiger partial charge in [0.05, 0.1) is 12.5 Å². The normalized spacial score (nSPS) is 23.1. The van der Waals surface area contributed by atoms with Crippen LogP contribution in [0.1, 0.15) is 12.8 Å². The van der Waals surface area contributed by atoms with Crippen molar-refractivity contribution in [3.05, 3.63) is 40.9 Å². The molecular formula is C17H19ClN2O7. The lowest BCUT2D eigenvalue weighted by Gasteiger charge is -2.31. The lowest BCUT2D eigenvalue weighted by atomic mass is 9.91. The Bertz CT molecular complexity index is 750. The van der Waals surface area contributed by atoms with Gasteiger partial charge in [-0.2, -0.15) is 0 Å². The zero-order valence-corrected chi connectivity index (χ0v) is 14.8. The van der Waals surface area contributed by atoms with Gasteiger partial charge in [-0.05, 0) is 30.3 Å². The number of carbonyl (C=O) groups is 3. The molecule has 0 heterocycles. The van der Waals surface area contributed by atoms with Gasteiger partial charge in [0.15, 0.2) is 0 Å². The predicted octanol–water partition coefficient (Wildman–Crippen LogP) is -0.416. The molecule has 1 aliphatic carbocycles. The summed E-state index contributed by atoms with van der Waals surface area (Å²) in [6.07, 6.45) is -3.19. The quantitative estimate of drug-likeness (QED) is 0.417. The standard InChI is InChI=1S/C17H19ClN2O7/c18-9-1-3-10(4-2-9)27-13-6-8(5-12(21)15(13)24)17(26)20-11(16(19)25)7-14(22)23/h1-4,6,11-13,15,21,24H,5,7H2,(H2,19,25)(H,20,26)(H,22,23)/t11-,12-,13-,15-/m1/s1. The molecule has 1 aliphatic rings. The van der Waals surface area contributed by atoms with E-state index in [4.69, 9.17) is 27.2 Å². The first-order valence-corrected chi connectivity index (χ1v) is 8.36. The molecule has 0 unspecified atom stereocenters. The van der Waals surface area contributed by atoms with Crippen LogP contribution in [0.5, 0.6) is 5.75 Å². The number of hydrogen-bond acceptors (Lipinski definition) is 6. The van der Waals surface area contributed by atoms with Crippen molar-refractivity contribution < 1.29 is 34.4 Å². The number of carbonyl (C=O) groups excluding carboxylic acids is 2. The molecular weight excluding hydrogens is 380 g/mol. The number of hydrogen-bond donors (Lipinski definition) is 5. The maximum absolute atomic E-state index is 12.3. The molecule has 9 nitrogen and oxygen atoms in total. The summed E-state index contributed by atoms with van der Waals surface area (Å²) in [4.78, 5) is 34.4. The lowest BCUT2D eigenvalue weighted by Crippen LogP contribution is -2.49. The first-order chi connectivity index (χ1) is 12.7. The molecule has 0 aliphatic heterocycles. The van der Waals surface area contributed by atoms with E-state index in [1.165, 1.54) is 6.08 Å². The highest BCUT2D eigenvalue weighted by Gasteiger charge is 2.35. The van der Waals surface area contributed by atoms with Gasteiger partial charge in [-0.3, -0.25) is 14.4 Å². The molecule has 27 heavy (non-hydrogen) atoms. The topological polar surface area (TPSA) is 159 Å². The van der Waals surface area contributed by atoms with Crippen LogP contribution in [-0.2, 0) is 14.4 Å². The number of rotatable bonds is 7. The fourth-order valence-electron chi connectivity index (χ4n) is 2.52. The van der Waals surface area contributed by atoms with Crippen LogP contribution in [0.25, 0.3) is 0 Å². The van der Waals surface area contributed by atoms with Crippen LogP contribution < -0.4 is 15.8 Å². The van der Waals surface area contributed by atoms with Gasteiger partial charge in [-0.1, -0.05) is 11.6 Å². The molecule has 1 aromatic rings. The molecule has 0 fully saturated rings. The largest absolute Gasteiger partial charge is 0.484 e. The zero-order chi connectivity index (χ0) is 20.1. The fourth-order valence-corrected chi connectivity index (χ4v) is 2.65. The Kier molecular flexibility index (Phi) is 6.78. The van der Waals surface area contributed by atoms with E-state index in [0.717, 1.165) is 0 Å². The molecule has 2 rings (SSSR count). The van der Waals surface area contributed by atoms with E-state index in [0.29, 0.717) is 10.8 Å². The summed E-state index contributed by atoms with van der Waals surface area (Å²) < 4.78 is 5.58. The number of ether oxygens (including phenoxy) is 1. The number of halogens is 1. The molecule has 146 valence electrons. The van der Waals surface area contributed by atoms with Crippen molar-refractivity contribution in [2.24, 2.45) is 5.73 Å². The van der Waals surface area contributed by atoms with Crippen LogP contribution in [0.2, 0.25) is 5.02 Å². The van der Waals surface area contributed by atoms with Crippen LogP contribution in [0.4, 0.5) is 0 Å². The van der Waals surface area contributed by atoms with Gasteiger partial charge in [0.1, 0.15) is 24.0 Å². The number of amides is 2. The van der Waals surface area contributed by atoms with Crippen LogP contribution in [0.3, 0.4) is 0 Å². The van der Waals surface area contributed by atoms with E-state index in [2.05, 4.69) is 5.32 Å². The summed E-state index contributed by atoms with van der Waals surface area (Å²) >= 11 is 5.79. The van der Waals surface area contributed by atoms with E-state index < -0.39 is 48.6 Å².